The van der Waals surface area contributed by atoms with Gasteiger partial charge in [-0.2, -0.15) is 0 Å². The van der Waals surface area contributed by atoms with Gasteiger partial charge in [-0.25, -0.2) is 0 Å². The molecular weight excluding hydrogens is 559 g/mol. The topological polar surface area (TPSA) is 66.5 Å². The molecule has 1 aromatic rings. The molecule has 1 aliphatic heterocycles. The summed E-state index contributed by atoms with van der Waals surface area (Å²) in [5.41, 5.74) is 0.538. The Kier molecular flexibility index (Phi) is 6.83. The normalized spacial score (nSPS) is 32.1. The van der Waals surface area contributed by atoms with Gasteiger partial charge in [0.1, 0.15) is 0 Å². The smallest absolute Gasteiger partial charge is 0.233 e. The average molecular weight is 581 g/mol. The number of likely N-dealkylation sites (tertiary alicyclic amines) is 1. The van der Waals surface area contributed by atoms with E-state index in [1.54, 1.807) is 18.2 Å². The Morgan fingerprint density at radius 1 is 1.03 bits per heavy atom. The van der Waals surface area contributed by atoms with Crippen LogP contribution in [-0.4, -0.2) is 38.8 Å². The predicted octanol–water partition coefficient (Wildman–Crippen LogP) is 5.27. The summed E-state index contributed by atoms with van der Waals surface area (Å²) in [4.78, 5) is 39.8. The molecule has 0 unspecified atom stereocenters. The third-order valence-corrected chi connectivity index (χ3v) is 10.3. The zero-order valence-corrected chi connectivity index (χ0v) is 20.8. The standard InChI is InChI=1S/C21H22Br2Cl2N2O3/c22-18-11-9-12(19(18)23)17-16(11)20(29)27(21(17)30)7-3-1-2-4-15(28)26-14-6-5-10(24)8-13(14)25/h5-6,8,11-12,16-19H,1-4,7,9H2,(H,26,28)/t11-,12-,16-,17-,18-,19+/m0/s1. The molecule has 6 atom stereocenters. The molecule has 4 rings (SSSR count). The minimum atomic E-state index is -0.157. The molecule has 3 fully saturated rings. The van der Waals surface area contributed by atoms with Gasteiger partial charge in [0.2, 0.25) is 17.7 Å². The van der Waals surface area contributed by atoms with Gasteiger partial charge in [0.05, 0.1) is 22.5 Å². The quantitative estimate of drug-likeness (QED) is 0.271. The fourth-order valence-corrected chi connectivity index (χ4v) is 7.50. The van der Waals surface area contributed by atoms with E-state index in [2.05, 4.69) is 37.2 Å². The molecule has 1 N–H and O–H groups in total. The van der Waals surface area contributed by atoms with Crippen LogP contribution in [0.2, 0.25) is 10.0 Å². The number of unbranched alkanes of at least 4 members (excludes halogenated alkanes) is 2. The summed E-state index contributed by atoms with van der Waals surface area (Å²) in [5.74, 6) is 0.0490. The first-order valence-electron chi connectivity index (χ1n) is 10.2. The highest BCUT2D eigenvalue weighted by atomic mass is 79.9. The van der Waals surface area contributed by atoms with Crippen molar-refractivity contribution in [3.8, 4) is 0 Å². The molecule has 3 aliphatic rings. The Hall–Kier alpha value is -0.630. The van der Waals surface area contributed by atoms with Crippen molar-refractivity contribution in [2.75, 3.05) is 11.9 Å². The summed E-state index contributed by atoms with van der Waals surface area (Å²) in [6.45, 7) is 0.439. The summed E-state index contributed by atoms with van der Waals surface area (Å²) in [6.07, 6.45) is 3.45. The second-order valence-corrected chi connectivity index (χ2v) is 11.3. The van der Waals surface area contributed by atoms with Gasteiger partial charge < -0.3 is 5.32 Å². The Labute approximate surface area is 202 Å². The van der Waals surface area contributed by atoms with E-state index in [1.165, 1.54) is 4.90 Å². The summed E-state index contributed by atoms with van der Waals surface area (Å²) >= 11 is 19.3. The maximum absolute atomic E-state index is 12.9. The first-order chi connectivity index (χ1) is 14.3. The number of imide groups is 1. The van der Waals surface area contributed by atoms with Crippen molar-refractivity contribution in [1.29, 1.82) is 0 Å². The van der Waals surface area contributed by atoms with Crippen molar-refractivity contribution in [3.63, 3.8) is 0 Å². The van der Waals surface area contributed by atoms with Crippen LogP contribution in [0, 0.1) is 23.7 Å². The van der Waals surface area contributed by atoms with Crippen molar-refractivity contribution in [2.45, 2.75) is 41.8 Å². The van der Waals surface area contributed by atoms with Gasteiger partial charge in [0, 0.05) is 27.6 Å². The van der Waals surface area contributed by atoms with Gasteiger partial charge in [-0.1, -0.05) is 61.5 Å². The number of hydrogen-bond donors (Lipinski definition) is 1. The molecule has 0 spiro atoms. The van der Waals surface area contributed by atoms with Gasteiger partial charge in [-0.05, 0) is 49.3 Å². The second-order valence-electron chi connectivity index (χ2n) is 8.31. The molecule has 0 radical (unpaired) electrons. The number of benzene rings is 1. The van der Waals surface area contributed by atoms with E-state index in [-0.39, 0.29) is 51.0 Å². The maximum atomic E-state index is 12.9. The molecule has 2 saturated carbocycles. The van der Waals surface area contributed by atoms with Crippen molar-refractivity contribution in [3.05, 3.63) is 28.2 Å². The Bertz CT molecular complexity index is 852. The number of carbonyl (C=O) groups is 3. The van der Waals surface area contributed by atoms with E-state index in [1.807, 2.05) is 0 Å². The van der Waals surface area contributed by atoms with Crippen LogP contribution in [0.4, 0.5) is 5.69 Å². The Morgan fingerprint density at radius 2 is 1.67 bits per heavy atom. The molecule has 3 amide bonds. The zero-order valence-electron chi connectivity index (χ0n) is 16.1. The van der Waals surface area contributed by atoms with Crippen LogP contribution in [0.15, 0.2) is 18.2 Å². The van der Waals surface area contributed by atoms with E-state index in [4.69, 9.17) is 23.2 Å². The largest absolute Gasteiger partial charge is 0.325 e. The lowest BCUT2D eigenvalue weighted by atomic mass is 9.81. The van der Waals surface area contributed by atoms with Gasteiger partial charge >= 0.3 is 0 Å². The summed E-state index contributed by atoms with van der Waals surface area (Å²) in [5, 5.41) is 3.69. The molecule has 0 aromatic heterocycles. The first-order valence-corrected chi connectivity index (χ1v) is 12.8. The number of amides is 3. The summed E-state index contributed by atoms with van der Waals surface area (Å²) in [7, 11) is 0. The van der Waals surface area contributed by atoms with Crippen molar-refractivity contribution in [1.82, 2.24) is 4.90 Å². The fraction of sp³-hybridized carbons (Fsp3) is 0.571. The number of nitrogens with zero attached hydrogens (tertiary/aromatic N) is 1. The number of anilines is 1. The van der Waals surface area contributed by atoms with Crippen LogP contribution >= 0.6 is 55.1 Å². The van der Waals surface area contributed by atoms with Crippen molar-refractivity contribution < 1.29 is 14.4 Å². The number of alkyl halides is 2. The van der Waals surface area contributed by atoms with Gasteiger partial charge in [0.25, 0.3) is 0 Å². The first kappa shape index (κ1) is 22.6. The van der Waals surface area contributed by atoms with E-state index in [0.717, 1.165) is 12.8 Å². The zero-order chi connectivity index (χ0) is 21.6. The van der Waals surface area contributed by atoms with Crippen LogP contribution in [0.5, 0.6) is 0 Å². The second kappa shape index (κ2) is 9.08. The molecule has 30 heavy (non-hydrogen) atoms. The number of nitrogens with one attached hydrogen (secondary N) is 1. The van der Waals surface area contributed by atoms with E-state index < -0.39 is 0 Å². The molecule has 162 valence electrons. The Morgan fingerprint density at radius 3 is 2.27 bits per heavy atom. The van der Waals surface area contributed by atoms with Crippen LogP contribution in [0.1, 0.15) is 32.1 Å². The predicted molar refractivity (Wildman–Crippen MR) is 124 cm³/mol. The lowest BCUT2D eigenvalue weighted by Crippen LogP contribution is -2.37. The molecule has 1 aromatic carbocycles. The summed E-state index contributed by atoms with van der Waals surface area (Å²) in [6, 6.07) is 4.93. The number of hydrogen-bond acceptors (Lipinski definition) is 3. The fourth-order valence-electron chi connectivity index (χ4n) is 5.17. The van der Waals surface area contributed by atoms with E-state index in [9.17, 15) is 14.4 Å². The number of rotatable bonds is 7. The lowest BCUT2D eigenvalue weighted by molar-refractivity contribution is -0.140. The van der Waals surface area contributed by atoms with E-state index >= 15 is 0 Å². The average Bonchev–Trinajstić information content (AvgIpc) is 3.30. The van der Waals surface area contributed by atoms with Gasteiger partial charge in [-0.15, -0.1) is 0 Å². The maximum Gasteiger partial charge on any atom is 0.233 e. The number of fused-ring (bicyclic) bond motifs is 5. The van der Waals surface area contributed by atoms with Crippen LogP contribution in [-0.2, 0) is 14.4 Å². The van der Waals surface area contributed by atoms with Crippen LogP contribution < -0.4 is 5.32 Å². The van der Waals surface area contributed by atoms with Crippen molar-refractivity contribution >= 4 is 78.5 Å². The summed E-state index contributed by atoms with van der Waals surface area (Å²) < 4.78 is 0. The molecule has 2 bridgehead atoms. The Balaban J connectivity index is 1.21. The SMILES string of the molecule is O=C(CCCCCN1C(=O)[C@H]2[C@@H]3C[C@H]([C@@H](Br)[C@H]3Br)[C@@H]2C1=O)Nc1ccc(Cl)cc1Cl. The third-order valence-electron chi connectivity index (χ3n) is 6.57. The molecular formula is C21H22Br2Cl2N2O3. The third kappa shape index (κ3) is 4.07. The highest BCUT2D eigenvalue weighted by Crippen LogP contribution is 2.60. The molecule has 2 aliphatic carbocycles. The van der Waals surface area contributed by atoms with E-state index in [0.29, 0.717) is 41.5 Å². The molecule has 1 heterocycles. The molecule has 5 nitrogen and oxygen atoms in total. The lowest BCUT2D eigenvalue weighted by Gasteiger charge is -2.28. The van der Waals surface area contributed by atoms with Crippen molar-refractivity contribution in [2.24, 2.45) is 23.7 Å². The minimum Gasteiger partial charge on any atom is -0.325 e. The number of carbonyl (C=O) groups excluding carboxylic acids is 3. The van der Waals surface area contributed by atoms with Gasteiger partial charge in [-0.3, -0.25) is 19.3 Å². The van der Waals surface area contributed by atoms with Crippen LogP contribution in [0.3, 0.4) is 0 Å². The minimum absolute atomic E-state index is 0.00327. The molecule has 1 saturated heterocycles. The highest BCUT2D eigenvalue weighted by Gasteiger charge is 2.66. The molecule has 9 heteroatoms. The van der Waals surface area contributed by atoms with Crippen LogP contribution in [0.25, 0.3) is 0 Å². The van der Waals surface area contributed by atoms with Gasteiger partial charge in [0.15, 0.2) is 0 Å². The monoisotopic (exact) mass is 578 g/mol. The number of halogens is 4. The highest BCUT2D eigenvalue weighted by molar-refractivity contribution is 9.12.